The van der Waals surface area contributed by atoms with Crippen molar-refractivity contribution in [3.8, 4) is 0 Å². The van der Waals surface area contributed by atoms with Crippen LogP contribution in [-0.4, -0.2) is 10.4 Å². The second-order valence-corrected chi connectivity index (χ2v) is 4.27. The molecule has 9 heavy (non-hydrogen) atoms. The van der Waals surface area contributed by atoms with E-state index in [1.807, 2.05) is 25.1 Å². The average molecular weight is 302 g/mol. The molecule has 0 unspecified atom stereocenters. The van der Waals surface area contributed by atoms with Crippen LogP contribution in [-0.2, 0) is 22.9 Å². The van der Waals surface area contributed by atoms with Crippen LogP contribution in [0.2, 0.25) is 0 Å². The minimum absolute atomic E-state index is 0.558. The van der Waals surface area contributed by atoms with Crippen molar-refractivity contribution in [1.29, 1.82) is 0 Å². The van der Waals surface area contributed by atoms with Gasteiger partial charge in [-0.15, -0.1) is 0 Å². The molecule has 1 nitrogen and oxygen atoms in total. The zero-order valence-electron chi connectivity index (χ0n) is 5.67. The van der Waals surface area contributed by atoms with Gasteiger partial charge in [-0.05, 0) is 0 Å². The molecule has 1 aliphatic carbocycles. The van der Waals surface area contributed by atoms with Gasteiger partial charge in [-0.1, -0.05) is 0 Å². The molecule has 0 bridgehead atoms. The summed E-state index contributed by atoms with van der Waals surface area (Å²) in [5, 5.41) is 0. The first kappa shape index (κ1) is 7.57. The van der Waals surface area contributed by atoms with E-state index in [4.69, 9.17) is 4.74 Å². The number of ether oxygens (including phenoxy) is 1. The molecule has 0 N–H and O–H groups in total. The van der Waals surface area contributed by atoms with Gasteiger partial charge in [0.15, 0.2) is 0 Å². The maximum absolute atomic E-state index is 5.54. The predicted octanol–water partition coefficient (Wildman–Crippen LogP) is 1.64. The molecule has 1 fully saturated rings. The molecule has 1 aliphatic rings. The summed E-state index contributed by atoms with van der Waals surface area (Å²) >= 11 is 1.84. The first-order chi connectivity index (χ1) is 4.29. The molecule has 0 radical (unpaired) electrons. The third-order valence-corrected chi connectivity index (χ3v) is 1.93. The number of rotatable bonds is 2. The fraction of sp³-hybridized carbons (Fsp3) is 0.857. The van der Waals surface area contributed by atoms with Crippen molar-refractivity contribution < 1.29 is 22.9 Å². The van der Waals surface area contributed by atoms with Gasteiger partial charge < -0.3 is 0 Å². The van der Waals surface area contributed by atoms with E-state index in [1.54, 1.807) is 0 Å². The fourth-order valence-electron chi connectivity index (χ4n) is 1.23. The Balaban J connectivity index is 2.19. The van der Waals surface area contributed by atoms with E-state index < -0.39 is 0 Å². The van der Waals surface area contributed by atoms with Crippen molar-refractivity contribution in [2.75, 3.05) is 0 Å². The Morgan fingerprint density at radius 3 is 2.44 bits per heavy atom. The van der Waals surface area contributed by atoms with Gasteiger partial charge in [-0.3, -0.25) is 0 Å². The zero-order valence-corrected chi connectivity index (χ0v) is 8.21. The summed E-state index contributed by atoms with van der Waals surface area (Å²) in [7, 11) is 0. The van der Waals surface area contributed by atoms with Gasteiger partial charge in [0.25, 0.3) is 0 Å². The van der Waals surface area contributed by atoms with E-state index in [9.17, 15) is 0 Å². The summed E-state index contributed by atoms with van der Waals surface area (Å²) in [5.41, 5.74) is 0. The molecule has 0 heterocycles. The van der Waals surface area contributed by atoms with Gasteiger partial charge in [0.05, 0.1) is 0 Å². The first-order valence-electron chi connectivity index (χ1n) is 3.43. The van der Waals surface area contributed by atoms with E-state index in [0.29, 0.717) is 6.10 Å². The molecular weight excluding hydrogens is 290 g/mol. The molecule has 0 aliphatic heterocycles. The molecule has 0 atom stereocenters. The van der Waals surface area contributed by atoms with Gasteiger partial charge in [-0.2, -0.15) is 0 Å². The molecule has 0 spiro atoms. The van der Waals surface area contributed by atoms with Gasteiger partial charge in [0, 0.05) is 0 Å². The first-order valence-corrected chi connectivity index (χ1v) is 4.70. The predicted molar refractivity (Wildman–Crippen MR) is 34.0 cm³/mol. The Hall–Kier alpha value is 0.466. The Bertz CT molecular complexity index is 105. The van der Waals surface area contributed by atoms with Crippen LogP contribution in [0, 0.1) is 0 Å². The van der Waals surface area contributed by atoms with Crippen molar-refractivity contribution >= 4 is 4.25 Å². The molecule has 2 heteroatoms. The summed E-state index contributed by atoms with van der Waals surface area (Å²) < 4.78 is 6.68. The molecule has 0 aromatic carbocycles. The summed E-state index contributed by atoms with van der Waals surface area (Å²) in [6, 6.07) is 0. The summed E-state index contributed by atoms with van der Waals surface area (Å²) in [5.74, 6) is 0. The average Bonchev–Trinajstić information content (AvgIpc) is 2.15. The topological polar surface area (TPSA) is 9.23 Å². The van der Waals surface area contributed by atoms with Crippen LogP contribution in [0.5, 0.6) is 0 Å². The van der Waals surface area contributed by atoms with Crippen LogP contribution in [0.15, 0.2) is 0 Å². The number of hydrogen-bond donors (Lipinski definition) is 0. The van der Waals surface area contributed by atoms with Crippen molar-refractivity contribution in [3.05, 3.63) is 0 Å². The van der Waals surface area contributed by atoms with Crippen LogP contribution >= 0.6 is 0 Å². The van der Waals surface area contributed by atoms with Crippen LogP contribution in [0.4, 0.5) is 0 Å². The van der Waals surface area contributed by atoms with E-state index >= 15 is 0 Å². The quantitative estimate of drug-likeness (QED) is 0.753. The molecule has 1 saturated carbocycles. The zero-order chi connectivity index (χ0) is 6.69. The molecular formula is C7H12OOs. The second kappa shape index (κ2) is 3.59. The van der Waals surface area contributed by atoms with Crippen molar-refractivity contribution in [2.24, 2.45) is 0 Å². The molecule has 0 aromatic rings. The molecule has 1 rings (SSSR count). The second-order valence-electron chi connectivity index (χ2n) is 2.48. The van der Waals surface area contributed by atoms with Crippen LogP contribution in [0.3, 0.4) is 0 Å². The van der Waals surface area contributed by atoms with Crippen molar-refractivity contribution in [3.63, 3.8) is 0 Å². The van der Waals surface area contributed by atoms with E-state index in [0.717, 1.165) is 4.25 Å². The minimum atomic E-state index is 0.558. The normalized spacial score (nSPS) is 20.7. The van der Waals surface area contributed by atoms with Crippen molar-refractivity contribution in [2.45, 2.75) is 38.7 Å². The Kier molecular flexibility index (Phi) is 3.02. The van der Waals surface area contributed by atoms with Gasteiger partial charge in [-0.25, -0.2) is 0 Å². The Morgan fingerprint density at radius 1 is 1.44 bits per heavy atom. The van der Waals surface area contributed by atoms with Gasteiger partial charge in [0.1, 0.15) is 0 Å². The SMILES string of the molecule is C[C](=[Os])OC1CCCC1. The van der Waals surface area contributed by atoms with Crippen LogP contribution in [0.1, 0.15) is 32.6 Å². The molecule has 54 valence electrons. The van der Waals surface area contributed by atoms with Crippen LogP contribution in [0.25, 0.3) is 0 Å². The van der Waals surface area contributed by atoms with E-state index in [2.05, 4.69) is 0 Å². The summed E-state index contributed by atoms with van der Waals surface area (Å²) in [6.07, 6.45) is 5.83. The maximum atomic E-state index is 5.54. The summed E-state index contributed by atoms with van der Waals surface area (Å²) in [6.45, 7) is 2.04. The van der Waals surface area contributed by atoms with Crippen molar-refractivity contribution in [1.82, 2.24) is 0 Å². The van der Waals surface area contributed by atoms with Gasteiger partial charge in [0.2, 0.25) is 0 Å². The third-order valence-electron chi connectivity index (χ3n) is 1.63. The standard InChI is InChI=1S/C7H12O.Os/c1-2-8-7-5-3-4-6-7;/h7H,3-6H2,1H3;. The van der Waals surface area contributed by atoms with E-state index in [-0.39, 0.29) is 0 Å². The third kappa shape index (κ3) is 2.69. The van der Waals surface area contributed by atoms with Gasteiger partial charge >= 0.3 is 65.8 Å². The fourth-order valence-corrected chi connectivity index (χ4v) is 1.66. The van der Waals surface area contributed by atoms with Crippen LogP contribution < -0.4 is 0 Å². The number of hydrogen-bond acceptors (Lipinski definition) is 1. The van der Waals surface area contributed by atoms with E-state index in [1.165, 1.54) is 25.7 Å². The monoisotopic (exact) mass is 304 g/mol. The Labute approximate surface area is 66.2 Å². The molecule has 0 amide bonds. The molecule has 0 aromatic heterocycles. The molecule has 0 saturated heterocycles. The summed E-state index contributed by atoms with van der Waals surface area (Å²) in [4.78, 5) is 0. The Morgan fingerprint density at radius 2 is 2.00 bits per heavy atom.